The lowest BCUT2D eigenvalue weighted by Crippen LogP contribution is -2.07. The Morgan fingerprint density at radius 1 is 1.31 bits per heavy atom. The van der Waals surface area contributed by atoms with E-state index in [1.54, 1.807) is 0 Å². The van der Waals surface area contributed by atoms with E-state index in [4.69, 9.17) is 9.47 Å². The Hall–Kier alpha value is -1.18. The minimum absolute atomic E-state index is 0.210. The molecule has 0 spiro atoms. The van der Waals surface area contributed by atoms with Gasteiger partial charge in [0.1, 0.15) is 11.5 Å². The zero-order valence-electron chi connectivity index (χ0n) is 10.3. The topological polar surface area (TPSA) is 18.5 Å². The van der Waals surface area contributed by atoms with Crippen LogP contribution in [0.5, 0.6) is 11.5 Å². The highest BCUT2D eigenvalue weighted by atomic mass is 16.5. The third kappa shape index (κ3) is 2.91. The first-order valence-electron chi connectivity index (χ1n) is 6.15. The van der Waals surface area contributed by atoms with E-state index in [9.17, 15) is 0 Å². The summed E-state index contributed by atoms with van der Waals surface area (Å²) < 4.78 is 11.6. The second kappa shape index (κ2) is 4.77. The first-order chi connectivity index (χ1) is 7.69. The van der Waals surface area contributed by atoms with Crippen molar-refractivity contribution < 1.29 is 9.47 Å². The summed E-state index contributed by atoms with van der Waals surface area (Å²) in [5, 5.41) is 0. The second-order valence-corrected chi connectivity index (χ2v) is 4.61. The molecule has 2 rings (SSSR count). The average Bonchev–Trinajstić information content (AvgIpc) is 3.01. The monoisotopic (exact) mass is 220 g/mol. The minimum atomic E-state index is 0.210. The minimum Gasteiger partial charge on any atom is -0.491 e. The first-order valence-corrected chi connectivity index (χ1v) is 6.15. The molecule has 1 aliphatic carbocycles. The number of rotatable bonds is 5. The van der Waals surface area contributed by atoms with E-state index in [1.165, 1.54) is 18.4 Å². The molecule has 0 aromatic heterocycles. The number of hydrogen-bond acceptors (Lipinski definition) is 2. The third-order valence-electron chi connectivity index (χ3n) is 2.61. The molecule has 1 aliphatic rings. The normalized spacial score (nSPS) is 15.2. The van der Waals surface area contributed by atoms with Crippen molar-refractivity contribution in [2.24, 2.45) is 0 Å². The van der Waals surface area contributed by atoms with E-state index in [-0.39, 0.29) is 6.10 Å². The third-order valence-corrected chi connectivity index (χ3v) is 2.61. The van der Waals surface area contributed by atoms with Crippen LogP contribution >= 0.6 is 0 Å². The van der Waals surface area contributed by atoms with Gasteiger partial charge >= 0.3 is 0 Å². The van der Waals surface area contributed by atoms with E-state index in [0.717, 1.165) is 17.9 Å². The maximum atomic E-state index is 5.80. The molecule has 88 valence electrons. The molecule has 0 bridgehead atoms. The maximum Gasteiger partial charge on any atom is 0.126 e. The van der Waals surface area contributed by atoms with Crippen molar-refractivity contribution in [2.75, 3.05) is 0 Å². The van der Waals surface area contributed by atoms with Gasteiger partial charge in [0.05, 0.1) is 12.2 Å². The van der Waals surface area contributed by atoms with Crippen LogP contribution in [0.3, 0.4) is 0 Å². The molecule has 1 fully saturated rings. The zero-order chi connectivity index (χ0) is 11.5. The summed E-state index contributed by atoms with van der Waals surface area (Å²) in [5.41, 5.74) is 1.25. The van der Waals surface area contributed by atoms with Crippen LogP contribution in [0.25, 0.3) is 0 Å². The number of ether oxygens (including phenoxy) is 2. The van der Waals surface area contributed by atoms with Gasteiger partial charge in [-0.25, -0.2) is 0 Å². The van der Waals surface area contributed by atoms with Crippen LogP contribution in [0.15, 0.2) is 18.2 Å². The van der Waals surface area contributed by atoms with Crippen molar-refractivity contribution in [1.82, 2.24) is 0 Å². The largest absolute Gasteiger partial charge is 0.491 e. The molecule has 2 heteroatoms. The van der Waals surface area contributed by atoms with Gasteiger partial charge in [-0.05, 0) is 44.7 Å². The molecule has 0 saturated heterocycles. The van der Waals surface area contributed by atoms with E-state index in [1.807, 2.05) is 26.0 Å². The first kappa shape index (κ1) is 11.3. The van der Waals surface area contributed by atoms with Crippen LogP contribution < -0.4 is 9.47 Å². The summed E-state index contributed by atoms with van der Waals surface area (Å²) in [5.74, 6) is 1.91. The van der Waals surface area contributed by atoms with E-state index < -0.39 is 0 Å². The Morgan fingerprint density at radius 2 is 2.06 bits per heavy atom. The SMILES string of the molecule is CCc1ccc(OC2CC2)cc1OC(C)C. The molecule has 0 amide bonds. The molecular weight excluding hydrogens is 200 g/mol. The van der Waals surface area contributed by atoms with Crippen LogP contribution in [-0.4, -0.2) is 12.2 Å². The molecule has 0 atom stereocenters. The smallest absolute Gasteiger partial charge is 0.126 e. The van der Waals surface area contributed by atoms with Gasteiger partial charge in [0.2, 0.25) is 0 Å². The molecule has 0 N–H and O–H groups in total. The summed E-state index contributed by atoms with van der Waals surface area (Å²) in [6, 6.07) is 6.18. The van der Waals surface area contributed by atoms with Crippen molar-refractivity contribution in [3.05, 3.63) is 23.8 Å². The number of aryl methyl sites for hydroxylation is 1. The molecule has 2 nitrogen and oxygen atoms in total. The molecule has 0 heterocycles. The van der Waals surface area contributed by atoms with Crippen molar-refractivity contribution in [2.45, 2.75) is 52.2 Å². The van der Waals surface area contributed by atoms with Gasteiger partial charge in [0.25, 0.3) is 0 Å². The summed E-state index contributed by atoms with van der Waals surface area (Å²) in [7, 11) is 0. The Kier molecular flexibility index (Phi) is 3.37. The quantitative estimate of drug-likeness (QED) is 0.755. The van der Waals surface area contributed by atoms with E-state index in [2.05, 4.69) is 13.0 Å². The van der Waals surface area contributed by atoms with Crippen molar-refractivity contribution in [3.63, 3.8) is 0 Å². The number of benzene rings is 1. The lowest BCUT2D eigenvalue weighted by Gasteiger charge is -2.15. The van der Waals surface area contributed by atoms with Crippen molar-refractivity contribution in [3.8, 4) is 11.5 Å². The molecule has 1 aromatic rings. The summed E-state index contributed by atoms with van der Waals surface area (Å²) in [6.45, 7) is 6.24. The van der Waals surface area contributed by atoms with Gasteiger partial charge in [-0.1, -0.05) is 13.0 Å². The second-order valence-electron chi connectivity index (χ2n) is 4.61. The van der Waals surface area contributed by atoms with Crippen LogP contribution in [-0.2, 0) is 6.42 Å². The van der Waals surface area contributed by atoms with Gasteiger partial charge in [-0.3, -0.25) is 0 Å². The highest BCUT2D eigenvalue weighted by molar-refractivity contribution is 5.41. The zero-order valence-corrected chi connectivity index (χ0v) is 10.3. The maximum absolute atomic E-state index is 5.80. The van der Waals surface area contributed by atoms with Crippen molar-refractivity contribution >= 4 is 0 Å². The Balaban J connectivity index is 2.15. The van der Waals surface area contributed by atoms with Crippen molar-refractivity contribution in [1.29, 1.82) is 0 Å². The van der Waals surface area contributed by atoms with Gasteiger partial charge in [0, 0.05) is 6.07 Å². The predicted octanol–water partition coefficient (Wildman–Crippen LogP) is 3.58. The average molecular weight is 220 g/mol. The van der Waals surface area contributed by atoms with Gasteiger partial charge in [-0.15, -0.1) is 0 Å². The molecule has 0 radical (unpaired) electrons. The van der Waals surface area contributed by atoms with E-state index in [0.29, 0.717) is 6.10 Å². The molecular formula is C14H20O2. The molecule has 0 unspecified atom stereocenters. The van der Waals surface area contributed by atoms with Gasteiger partial charge in [0.15, 0.2) is 0 Å². The lowest BCUT2D eigenvalue weighted by molar-refractivity contribution is 0.237. The van der Waals surface area contributed by atoms with E-state index >= 15 is 0 Å². The Labute approximate surface area is 97.6 Å². The molecule has 1 aromatic carbocycles. The van der Waals surface area contributed by atoms with Crippen LogP contribution in [0.2, 0.25) is 0 Å². The summed E-state index contributed by atoms with van der Waals surface area (Å²) in [6.07, 6.45) is 4.03. The molecule has 1 saturated carbocycles. The number of hydrogen-bond donors (Lipinski definition) is 0. The van der Waals surface area contributed by atoms with Crippen LogP contribution in [0, 0.1) is 0 Å². The fourth-order valence-electron chi connectivity index (χ4n) is 1.64. The Morgan fingerprint density at radius 3 is 2.62 bits per heavy atom. The van der Waals surface area contributed by atoms with Crippen LogP contribution in [0.4, 0.5) is 0 Å². The lowest BCUT2D eigenvalue weighted by atomic mass is 10.1. The van der Waals surface area contributed by atoms with Gasteiger partial charge < -0.3 is 9.47 Å². The summed E-state index contributed by atoms with van der Waals surface area (Å²) >= 11 is 0. The fraction of sp³-hybridized carbons (Fsp3) is 0.571. The fourth-order valence-corrected chi connectivity index (χ4v) is 1.64. The molecule has 0 aliphatic heterocycles. The Bertz CT molecular complexity index is 354. The highest BCUT2D eigenvalue weighted by Gasteiger charge is 2.23. The highest BCUT2D eigenvalue weighted by Crippen LogP contribution is 2.31. The predicted molar refractivity (Wildman–Crippen MR) is 65.2 cm³/mol. The summed E-state index contributed by atoms with van der Waals surface area (Å²) in [4.78, 5) is 0. The van der Waals surface area contributed by atoms with Gasteiger partial charge in [-0.2, -0.15) is 0 Å². The molecule has 16 heavy (non-hydrogen) atoms. The standard InChI is InChI=1S/C14H20O2/c1-4-11-5-6-13(16-12-7-8-12)9-14(11)15-10(2)3/h5-6,9-10,12H,4,7-8H2,1-3H3. The van der Waals surface area contributed by atoms with Crippen LogP contribution in [0.1, 0.15) is 39.2 Å².